The van der Waals surface area contributed by atoms with E-state index in [0.29, 0.717) is 12.3 Å². The molecule has 1 aromatic heterocycles. The molecule has 0 unspecified atom stereocenters. The fourth-order valence-corrected chi connectivity index (χ4v) is 2.10. The highest BCUT2D eigenvalue weighted by Gasteiger charge is 2.12. The van der Waals surface area contributed by atoms with Gasteiger partial charge < -0.3 is 15.2 Å². The van der Waals surface area contributed by atoms with E-state index in [9.17, 15) is 4.79 Å². The first kappa shape index (κ1) is 14.3. The molecule has 0 aliphatic rings. The Hall–Kier alpha value is -2.15. The predicted molar refractivity (Wildman–Crippen MR) is 77.0 cm³/mol. The molecule has 1 aromatic carbocycles. The van der Waals surface area contributed by atoms with Gasteiger partial charge in [0.2, 0.25) is 0 Å². The second kappa shape index (κ2) is 6.33. The smallest absolute Gasteiger partial charge is 0.341 e. The first-order chi connectivity index (χ1) is 9.61. The highest BCUT2D eigenvalue weighted by atomic mass is 79.9. The van der Waals surface area contributed by atoms with Crippen molar-refractivity contribution in [1.82, 2.24) is 9.97 Å². The van der Waals surface area contributed by atoms with Crippen LogP contribution in [0.1, 0.15) is 15.9 Å². The zero-order valence-electron chi connectivity index (χ0n) is 10.6. The van der Waals surface area contributed by atoms with Gasteiger partial charge in [0.1, 0.15) is 23.5 Å². The van der Waals surface area contributed by atoms with Gasteiger partial charge in [0, 0.05) is 22.8 Å². The maximum absolute atomic E-state index is 11.1. The fourth-order valence-electron chi connectivity index (χ4n) is 1.69. The highest BCUT2D eigenvalue weighted by molar-refractivity contribution is 9.10. The van der Waals surface area contributed by atoms with Crippen LogP contribution >= 0.6 is 15.9 Å². The summed E-state index contributed by atoms with van der Waals surface area (Å²) in [6.07, 6.45) is 2.56. The fraction of sp³-hybridized carbons (Fsp3) is 0.154. The van der Waals surface area contributed by atoms with Crippen molar-refractivity contribution in [1.29, 1.82) is 0 Å². The number of aromatic nitrogens is 2. The topological polar surface area (TPSA) is 84.3 Å². The van der Waals surface area contributed by atoms with Crippen LogP contribution in [0.25, 0.3) is 0 Å². The molecular formula is C13H12BrN3O3. The van der Waals surface area contributed by atoms with E-state index in [1.54, 1.807) is 7.11 Å². The molecule has 7 heteroatoms. The van der Waals surface area contributed by atoms with Gasteiger partial charge in [-0.25, -0.2) is 14.8 Å². The molecule has 0 bridgehead atoms. The molecule has 2 aromatic rings. The summed E-state index contributed by atoms with van der Waals surface area (Å²) >= 11 is 3.39. The van der Waals surface area contributed by atoms with Crippen LogP contribution in [0.5, 0.6) is 5.75 Å². The van der Waals surface area contributed by atoms with Crippen molar-refractivity contribution >= 4 is 27.7 Å². The van der Waals surface area contributed by atoms with Crippen molar-refractivity contribution in [3.63, 3.8) is 0 Å². The average Bonchev–Trinajstić information content (AvgIpc) is 2.45. The number of hydrogen-bond acceptors (Lipinski definition) is 5. The third-order valence-corrected chi connectivity index (χ3v) is 3.12. The molecule has 0 amide bonds. The SMILES string of the molecule is COc1ccc(Br)cc1CNc1ncncc1C(=O)O. The molecule has 0 fully saturated rings. The summed E-state index contributed by atoms with van der Waals surface area (Å²) in [5.74, 6) is -0.0875. The van der Waals surface area contributed by atoms with Crippen LogP contribution in [0.15, 0.2) is 35.2 Å². The van der Waals surface area contributed by atoms with Gasteiger partial charge in [-0.1, -0.05) is 15.9 Å². The van der Waals surface area contributed by atoms with Crippen LogP contribution in [-0.4, -0.2) is 28.2 Å². The molecule has 6 nitrogen and oxygen atoms in total. The summed E-state index contributed by atoms with van der Waals surface area (Å²) in [6, 6.07) is 5.60. The second-order valence-corrected chi connectivity index (χ2v) is 4.82. The summed E-state index contributed by atoms with van der Waals surface area (Å²) in [5.41, 5.74) is 0.915. The minimum atomic E-state index is -1.07. The lowest BCUT2D eigenvalue weighted by Crippen LogP contribution is -2.09. The van der Waals surface area contributed by atoms with Gasteiger partial charge in [0.25, 0.3) is 0 Å². The zero-order chi connectivity index (χ0) is 14.5. The number of carboxylic acids is 1. The van der Waals surface area contributed by atoms with Gasteiger partial charge in [-0.15, -0.1) is 0 Å². The number of nitrogens with one attached hydrogen (secondary N) is 1. The Kier molecular flexibility index (Phi) is 4.52. The molecule has 104 valence electrons. The highest BCUT2D eigenvalue weighted by Crippen LogP contribution is 2.24. The van der Waals surface area contributed by atoms with E-state index in [2.05, 4.69) is 31.2 Å². The number of methoxy groups -OCH3 is 1. The molecule has 2 N–H and O–H groups in total. The predicted octanol–water partition coefficient (Wildman–Crippen LogP) is 2.56. The van der Waals surface area contributed by atoms with Crippen molar-refractivity contribution < 1.29 is 14.6 Å². The Bertz CT molecular complexity index is 634. The monoisotopic (exact) mass is 337 g/mol. The number of anilines is 1. The third-order valence-electron chi connectivity index (χ3n) is 2.63. The lowest BCUT2D eigenvalue weighted by Gasteiger charge is -2.11. The number of aromatic carboxylic acids is 1. The molecule has 0 aliphatic carbocycles. The molecule has 0 aliphatic heterocycles. The number of rotatable bonds is 5. The van der Waals surface area contributed by atoms with Crippen molar-refractivity contribution in [3.8, 4) is 5.75 Å². The van der Waals surface area contributed by atoms with Crippen LogP contribution in [0, 0.1) is 0 Å². The molecule has 0 radical (unpaired) electrons. The normalized spacial score (nSPS) is 10.1. The summed E-state index contributed by atoms with van der Waals surface area (Å²) in [5, 5.41) is 12.0. The second-order valence-electron chi connectivity index (χ2n) is 3.90. The lowest BCUT2D eigenvalue weighted by atomic mass is 10.2. The van der Waals surface area contributed by atoms with Crippen molar-refractivity contribution in [2.45, 2.75) is 6.54 Å². The van der Waals surface area contributed by atoms with Gasteiger partial charge in [-0.3, -0.25) is 0 Å². The number of benzene rings is 1. The van der Waals surface area contributed by atoms with Crippen molar-refractivity contribution in [2.24, 2.45) is 0 Å². The summed E-state index contributed by atoms with van der Waals surface area (Å²) in [7, 11) is 1.58. The van der Waals surface area contributed by atoms with Crippen LogP contribution in [0.2, 0.25) is 0 Å². The Balaban J connectivity index is 2.21. The maximum atomic E-state index is 11.1. The van der Waals surface area contributed by atoms with Gasteiger partial charge in [0.05, 0.1) is 7.11 Å². The van der Waals surface area contributed by atoms with Gasteiger partial charge in [-0.2, -0.15) is 0 Å². The van der Waals surface area contributed by atoms with E-state index in [-0.39, 0.29) is 11.4 Å². The van der Waals surface area contributed by atoms with Gasteiger partial charge >= 0.3 is 5.97 Å². The molecule has 20 heavy (non-hydrogen) atoms. The van der Waals surface area contributed by atoms with E-state index in [4.69, 9.17) is 9.84 Å². The number of halogens is 1. The van der Waals surface area contributed by atoms with Gasteiger partial charge in [-0.05, 0) is 18.2 Å². The number of carbonyl (C=O) groups is 1. The Morgan fingerprint density at radius 3 is 3.00 bits per heavy atom. The first-order valence-corrected chi connectivity index (χ1v) is 6.50. The Labute approximate surface area is 124 Å². The van der Waals surface area contributed by atoms with Crippen LogP contribution < -0.4 is 10.1 Å². The quantitative estimate of drug-likeness (QED) is 0.872. The largest absolute Gasteiger partial charge is 0.496 e. The Morgan fingerprint density at radius 2 is 2.30 bits per heavy atom. The standard InChI is InChI=1S/C13H12BrN3O3/c1-20-11-3-2-9(14)4-8(11)5-16-12-10(13(18)19)6-15-7-17-12/h2-4,6-7H,5H2,1H3,(H,18,19)(H,15,16,17). The minimum Gasteiger partial charge on any atom is -0.496 e. The van der Waals surface area contributed by atoms with Crippen molar-refractivity contribution in [2.75, 3.05) is 12.4 Å². The number of carboxylic acid groups (broad SMARTS) is 1. The number of ether oxygens (including phenoxy) is 1. The van der Waals surface area contributed by atoms with Crippen LogP contribution in [0.4, 0.5) is 5.82 Å². The first-order valence-electron chi connectivity index (χ1n) is 5.71. The molecular weight excluding hydrogens is 326 g/mol. The summed E-state index contributed by atoms with van der Waals surface area (Å²) < 4.78 is 6.17. The van der Waals surface area contributed by atoms with Crippen LogP contribution in [0.3, 0.4) is 0 Å². The number of hydrogen-bond donors (Lipinski definition) is 2. The molecule has 0 saturated carbocycles. The lowest BCUT2D eigenvalue weighted by molar-refractivity contribution is 0.0697. The minimum absolute atomic E-state index is 0.0291. The van der Waals surface area contributed by atoms with E-state index in [1.807, 2.05) is 18.2 Å². The molecule has 0 atom stereocenters. The molecule has 0 spiro atoms. The van der Waals surface area contributed by atoms with E-state index >= 15 is 0 Å². The zero-order valence-corrected chi connectivity index (χ0v) is 12.2. The molecule has 1 heterocycles. The summed E-state index contributed by atoms with van der Waals surface area (Å²) in [6.45, 7) is 0.389. The van der Waals surface area contributed by atoms with Gasteiger partial charge in [0.15, 0.2) is 0 Å². The van der Waals surface area contributed by atoms with E-state index in [0.717, 1.165) is 10.0 Å². The Morgan fingerprint density at radius 1 is 1.50 bits per heavy atom. The van der Waals surface area contributed by atoms with E-state index < -0.39 is 5.97 Å². The van der Waals surface area contributed by atoms with Crippen molar-refractivity contribution in [3.05, 3.63) is 46.3 Å². The van der Waals surface area contributed by atoms with Crippen LogP contribution in [-0.2, 0) is 6.54 Å². The number of nitrogens with zero attached hydrogens (tertiary/aromatic N) is 2. The maximum Gasteiger partial charge on any atom is 0.341 e. The third kappa shape index (κ3) is 3.24. The molecule has 0 saturated heterocycles. The average molecular weight is 338 g/mol. The van der Waals surface area contributed by atoms with E-state index in [1.165, 1.54) is 12.5 Å². The molecule has 2 rings (SSSR count). The summed E-state index contributed by atoms with van der Waals surface area (Å²) in [4.78, 5) is 18.7.